The standard InChI is InChI=1S/C13H29NO3/c1-5-16-9-10-17-8-6-7-13(4,11-15)14-12(2)3/h12,14-15H,5-11H2,1-4H3. The highest BCUT2D eigenvalue weighted by Gasteiger charge is 2.22. The molecular formula is C13H29NO3. The first-order valence-electron chi connectivity index (χ1n) is 6.58. The largest absolute Gasteiger partial charge is 0.394 e. The molecule has 1 atom stereocenters. The van der Waals surface area contributed by atoms with Crippen molar-refractivity contribution in [2.24, 2.45) is 0 Å². The smallest absolute Gasteiger partial charge is 0.0700 e. The Labute approximate surface area is 106 Å². The average molecular weight is 247 g/mol. The van der Waals surface area contributed by atoms with Gasteiger partial charge in [-0.25, -0.2) is 0 Å². The molecule has 104 valence electrons. The van der Waals surface area contributed by atoms with E-state index in [2.05, 4.69) is 19.2 Å². The highest BCUT2D eigenvalue weighted by Crippen LogP contribution is 2.12. The Kier molecular flexibility index (Phi) is 9.74. The first-order chi connectivity index (χ1) is 8.04. The lowest BCUT2D eigenvalue weighted by Crippen LogP contribution is -2.49. The molecule has 0 aliphatic rings. The van der Waals surface area contributed by atoms with E-state index in [9.17, 15) is 5.11 Å². The average Bonchev–Trinajstić information content (AvgIpc) is 2.27. The van der Waals surface area contributed by atoms with Crippen molar-refractivity contribution in [1.82, 2.24) is 5.32 Å². The highest BCUT2D eigenvalue weighted by molar-refractivity contribution is 4.83. The van der Waals surface area contributed by atoms with Gasteiger partial charge >= 0.3 is 0 Å². The number of aliphatic hydroxyl groups excluding tert-OH is 1. The van der Waals surface area contributed by atoms with E-state index in [-0.39, 0.29) is 12.1 Å². The topological polar surface area (TPSA) is 50.7 Å². The van der Waals surface area contributed by atoms with Crippen LogP contribution in [0.15, 0.2) is 0 Å². The Bertz CT molecular complexity index is 176. The Morgan fingerprint density at radius 2 is 1.82 bits per heavy atom. The summed E-state index contributed by atoms with van der Waals surface area (Å²) < 4.78 is 10.6. The van der Waals surface area contributed by atoms with Gasteiger partial charge in [0.1, 0.15) is 0 Å². The van der Waals surface area contributed by atoms with Crippen molar-refractivity contribution < 1.29 is 14.6 Å². The van der Waals surface area contributed by atoms with Gasteiger partial charge < -0.3 is 19.9 Å². The number of hydrogen-bond donors (Lipinski definition) is 2. The summed E-state index contributed by atoms with van der Waals surface area (Å²) in [6.07, 6.45) is 1.86. The van der Waals surface area contributed by atoms with E-state index in [0.29, 0.717) is 19.3 Å². The number of rotatable bonds is 11. The molecule has 17 heavy (non-hydrogen) atoms. The van der Waals surface area contributed by atoms with Gasteiger partial charge in [0.25, 0.3) is 0 Å². The molecule has 0 spiro atoms. The number of ether oxygens (including phenoxy) is 2. The van der Waals surface area contributed by atoms with E-state index in [4.69, 9.17) is 9.47 Å². The molecule has 0 heterocycles. The molecule has 0 saturated carbocycles. The Hall–Kier alpha value is -0.160. The van der Waals surface area contributed by atoms with Gasteiger partial charge in [-0.3, -0.25) is 0 Å². The van der Waals surface area contributed by atoms with Gasteiger partial charge in [-0.1, -0.05) is 13.8 Å². The lowest BCUT2D eigenvalue weighted by atomic mass is 9.96. The minimum atomic E-state index is -0.197. The third-order valence-electron chi connectivity index (χ3n) is 2.58. The molecule has 0 saturated heterocycles. The van der Waals surface area contributed by atoms with E-state index in [1.54, 1.807) is 0 Å². The number of aliphatic hydroxyl groups is 1. The minimum Gasteiger partial charge on any atom is -0.394 e. The molecule has 2 N–H and O–H groups in total. The lowest BCUT2D eigenvalue weighted by molar-refractivity contribution is 0.0470. The van der Waals surface area contributed by atoms with Crippen molar-refractivity contribution in [1.29, 1.82) is 0 Å². The molecule has 0 radical (unpaired) electrons. The molecule has 1 unspecified atom stereocenters. The Morgan fingerprint density at radius 3 is 2.35 bits per heavy atom. The fourth-order valence-corrected chi connectivity index (χ4v) is 1.82. The molecule has 0 aromatic heterocycles. The quantitative estimate of drug-likeness (QED) is 0.544. The molecule has 0 aliphatic heterocycles. The highest BCUT2D eigenvalue weighted by atomic mass is 16.5. The third-order valence-corrected chi connectivity index (χ3v) is 2.58. The Morgan fingerprint density at radius 1 is 1.18 bits per heavy atom. The number of hydrogen-bond acceptors (Lipinski definition) is 4. The maximum absolute atomic E-state index is 9.38. The molecule has 0 aliphatic carbocycles. The van der Waals surface area contributed by atoms with Crippen molar-refractivity contribution >= 4 is 0 Å². The molecule has 4 heteroatoms. The van der Waals surface area contributed by atoms with Crippen LogP contribution >= 0.6 is 0 Å². The second-order valence-corrected chi connectivity index (χ2v) is 4.93. The molecule has 0 rings (SSSR count). The summed E-state index contributed by atoms with van der Waals surface area (Å²) in [5, 5.41) is 12.8. The van der Waals surface area contributed by atoms with Crippen LogP contribution in [0, 0.1) is 0 Å². The van der Waals surface area contributed by atoms with E-state index in [1.165, 1.54) is 0 Å². The van der Waals surface area contributed by atoms with Crippen molar-refractivity contribution in [3.05, 3.63) is 0 Å². The van der Waals surface area contributed by atoms with Crippen LogP contribution < -0.4 is 5.32 Å². The van der Waals surface area contributed by atoms with Crippen LogP contribution in [-0.4, -0.2) is 49.7 Å². The van der Waals surface area contributed by atoms with Crippen LogP contribution in [0.3, 0.4) is 0 Å². The first kappa shape index (κ1) is 16.8. The molecule has 0 amide bonds. The second-order valence-electron chi connectivity index (χ2n) is 4.93. The summed E-state index contributed by atoms with van der Waals surface area (Å²) in [6, 6.07) is 0.381. The van der Waals surface area contributed by atoms with E-state index in [1.807, 2.05) is 13.8 Å². The number of nitrogens with one attached hydrogen (secondary N) is 1. The van der Waals surface area contributed by atoms with Crippen molar-refractivity contribution in [3.63, 3.8) is 0 Å². The first-order valence-corrected chi connectivity index (χ1v) is 6.58. The molecule has 4 nitrogen and oxygen atoms in total. The zero-order chi connectivity index (χ0) is 13.1. The molecule has 0 aromatic carbocycles. The lowest BCUT2D eigenvalue weighted by Gasteiger charge is -2.31. The van der Waals surface area contributed by atoms with Crippen molar-refractivity contribution in [2.45, 2.75) is 52.1 Å². The summed E-state index contributed by atoms with van der Waals surface area (Å²) in [4.78, 5) is 0. The predicted molar refractivity (Wildman–Crippen MR) is 70.3 cm³/mol. The summed E-state index contributed by atoms with van der Waals surface area (Å²) in [6.45, 7) is 11.1. The predicted octanol–water partition coefficient (Wildman–Crippen LogP) is 1.57. The summed E-state index contributed by atoms with van der Waals surface area (Å²) >= 11 is 0. The fraction of sp³-hybridized carbons (Fsp3) is 1.00. The van der Waals surface area contributed by atoms with Gasteiger partial charge in [0, 0.05) is 24.8 Å². The van der Waals surface area contributed by atoms with Gasteiger partial charge in [-0.2, -0.15) is 0 Å². The van der Waals surface area contributed by atoms with E-state index in [0.717, 1.165) is 26.1 Å². The van der Waals surface area contributed by atoms with Gasteiger partial charge in [-0.05, 0) is 26.7 Å². The van der Waals surface area contributed by atoms with Crippen LogP contribution in [0.1, 0.15) is 40.5 Å². The normalized spacial score (nSPS) is 15.2. The molecule has 0 aromatic rings. The maximum Gasteiger partial charge on any atom is 0.0700 e. The monoisotopic (exact) mass is 247 g/mol. The molecule has 0 bridgehead atoms. The van der Waals surface area contributed by atoms with Gasteiger partial charge in [0.15, 0.2) is 0 Å². The van der Waals surface area contributed by atoms with Crippen LogP contribution in [0.4, 0.5) is 0 Å². The van der Waals surface area contributed by atoms with Crippen LogP contribution in [0.2, 0.25) is 0 Å². The Balaban J connectivity index is 3.55. The van der Waals surface area contributed by atoms with Gasteiger partial charge in [0.2, 0.25) is 0 Å². The van der Waals surface area contributed by atoms with Crippen LogP contribution in [-0.2, 0) is 9.47 Å². The molecule has 0 fully saturated rings. The van der Waals surface area contributed by atoms with E-state index >= 15 is 0 Å². The fourth-order valence-electron chi connectivity index (χ4n) is 1.82. The van der Waals surface area contributed by atoms with Crippen LogP contribution in [0.5, 0.6) is 0 Å². The zero-order valence-electron chi connectivity index (χ0n) is 11.8. The van der Waals surface area contributed by atoms with Gasteiger partial charge in [0.05, 0.1) is 19.8 Å². The second kappa shape index (κ2) is 9.83. The summed E-state index contributed by atoms with van der Waals surface area (Å²) in [5.74, 6) is 0. The van der Waals surface area contributed by atoms with Crippen molar-refractivity contribution in [2.75, 3.05) is 33.0 Å². The minimum absolute atomic E-state index is 0.157. The SMILES string of the molecule is CCOCCOCCCC(C)(CO)NC(C)C. The third kappa shape index (κ3) is 9.53. The molecular weight excluding hydrogens is 218 g/mol. The van der Waals surface area contributed by atoms with Gasteiger partial charge in [-0.15, -0.1) is 0 Å². The zero-order valence-corrected chi connectivity index (χ0v) is 11.8. The van der Waals surface area contributed by atoms with Crippen LogP contribution in [0.25, 0.3) is 0 Å². The maximum atomic E-state index is 9.38. The summed E-state index contributed by atoms with van der Waals surface area (Å²) in [7, 11) is 0. The summed E-state index contributed by atoms with van der Waals surface area (Å²) in [5.41, 5.74) is -0.197. The van der Waals surface area contributed by atoms with E-state index < -0.39 is 0 Å². The van der Waals surface area contributed by atoms with Crippen molar-refractivity contribution in [3.8, 4) is 0 Å².